The summed E-state index contributed by atoms with van der Waals surface area (Å²) in [5.74, 6) is 0. The summed E-state index contributed by atoms with van der Waals surface area (Å²) >= 11 is 5.70. The van der Waals surface area contributed by atoms with E-state index < -0.39 is 40.2 Å². The van der Waals surface area contributed by atoms with Crippen LogP contribution in [-0.4, -0.2) is 48.3 Å². The van der Waals surface area contributed by atoms with E-state index in [1.54, 1.807) is 0 Å². The fraction of sp³-hybridized carbons (Fsp3) is 0.333. The van der Waals surface area contributed by atoms with Crippen molar-refractivity contribution in [2.75, 3.05) is 19.6 Å². The number of rotatable bonds is 12. The van der Waals surface area contributed by atoms with Crippen LogP contribution < -0.4 is 49.0 Å². The Morgan fingerprint density at radius 1 is 0.600 bits per heavy atom. The molecule has 6 N–H and O–H groups in total. The predicted octanol–water partition coefficient (Wildman–Crippen LogP) is -3.37. The zero-order valence-electron chi connectivity index (χ0n) is 18.4. The summed E-state index contributed by atoms with van der Waals surface area (Å²) in [5, 5.41) is 9.22. The van der Waals surface area contributed by atoms with Gasteiger partial charge in [-0.1, -0.05) is 0 Å². The summed E-state index contributed by atoms with van der Waals surface area (Å²) < 4.78 is 3.00. The Balaban J connectivity index is 1.69. The molecule has 3 rings (SSSR count). The molecule has 35 heavy (non-hydrogen) atoms. The average Bonchev–Trinajstić information content (AvgIpc) is 2.80. The predicted molar refractivity (Wildman–Crippen MR) is 132 cm³/mol. The van der Waals surface area contributed by atoms with Gasteiger partial charge in [0, 0.05) is 76.1 Å². The Morgan fingerprint density at radius 3 is 1.14 bits per heavy atom. The molecule has 0 amide bonds. The fourth-order valence-electron chi connectivity index (χ4n) is 3.12. The van der Waals surface area contributed by atoms with Crippen LogP contribution >= 0.6 is 6.49 Å². The Labute approximate surface area is 201 Å². The molecule has 0 aliphatic heterocycles. The molecule has 0 spiro atoms. The average molecular weight is 525 g/mol. The quantitative estimate of drug-likeness (QED) is 0.130. The van der Waals surface area contributed by atoms with Gasteiger partial charge >= 0.3 is 17.1 Å². The van der Waals surface area contributed by atoms with Crippen molar-refractivity contribution >= 4 is 18.3 Å². The second kappa shape index (κ2) is 11.8. The second-order valence-electron chi connectivity index (χ2n) is 7.15. The van der Waals surface area contributed by atoms with Crippen molar-refractivity contribution in [1.29, 1.82) is 0 Å². The van der Waals surface area contributed by atoms with E-state index in [1.807, 2.05) is 0 Å². The van der Waals surface area contributed by atoms with Crippen molar-refractivity contribution in [3.8, 4) is 0 Å². The van der Waals surface area contributed by atoms with Crippen molar-refractivity contribution in [3.63, 3.8) is 0 Å². The van der Waals surface area contributed by atoms with Crippen LogP contribution in [0.4, 0.5) is 0 Å². The lowest BCUT2D eigenvalue weighted by Crippen LogP contribution is -2.42. The minimum Gasteiger partial charge on any atom is -0.314 e. The lowest BCUT2D eigenvalue weighted by Gasteiger charge is -2.26. The van der Waals surface area contributed by atoms with Crippen molar-refractivity contribution in [1.82, 2.24) is 43.9 Å². The van der Waals surface area contributed by atoms with Gasteiger partial charge in [0.15, 0.2) is 0 Å². The van der Waals surface area contributed by atoms with Gasteiger partial charge in [-0.2, -0.15) is 0 Å². The van der Waals surface area contributed by atoms with Gasteiger partial charge in [0.1, 0.15) is 6.49 Å². The maximum Gasteiger partial charge on any atom is 0.328 e. The Bertz CT molecular complexity index is 1300. The topological polar surface area (TPSA) is 201 Å². The molecule has 3 heterocycles. The first-order valence-corrected chi connectivity index (χ1v) is 13.2. The lowest BCUT2D eigenvalue weighted by molar-refractivity contribution is 0.593. The summed E-state index contributed by atoms with van der Waals surface area (Å²) in [6.07, 6.45) is 3.76. The molecule has 0 saturated carbocycles. The van der Waals surface area contributed by atoms with Gasteiger partial charge in [0.2, 0.25) is 0 Å². The van der Waals surface area contributed by atoms with E-state index in [1.165, 1.54) is 36.8 Å². The number of nitrogens with zero attached hydrogens (tertiary/aromatic N) is 3. The number of aromatic nitrogens is 6. The van der Waals surface area contributed by atoms with Crippen LogP contribution in [0.25, 0.3) is 0 Å². The Morgan fingerprint density at radius 2 is 0.886 bits per heavy atom. The van der Waals surface area contributed by atoms with Crippen molar-refractivity contribution < 1.29 is 0 Å². The van der Waals surface area contributed by atoms with Crippen LogP contribution in [0.15, 0.2) is 65.6 Å². The number of aromatic amines is 3. The number of nitrogens with one attached hydrogen (secondary N) is 6. The van der Waals surface area contributed by atoms with E-state index in [-0.39, 0.29) is 39.3 Å². The van der Waals surface area contributed by atoms with Crippen LogP contribution in [-0.2, 0) is 31.4 Å². The third-order valence-corrected chi connectivity index (χ3v) is 8.01. The smallest absolute Gasteiger partial charge is 0.314 e. The number of hydrogen-bond acceptors (Lipinski definition) is 7. The van der Waals surface area contributed by atoms with Crippen LogP contribution in [0.5, 0.6) is 0 Å². The molecule has 0 fully saturated rings. The van der Waals surface area contributed by atoms with E-state index in [0.29, 0.717) is 0 Å². The second-order valence-corrected chi connectivity index (χ2v) is 11.0. The SMILES string of the molecule is O=c1cc[nH]c(=O)n1CCNP(=S)(NCCn1c(=O)cc[nH]c1=O)NCCn1c(=O)cc[nH]c1=O. The molecule has 3 aromatic heterocycles. The van der Waals surface area contributed by atoms with Gasteiger partial charge in [-0.05, 0) is 11.8 Å². The highest BCUT2D eigenvalue weighted by Crippen LogP contribution is 2.29. The highest BCUT2D eigenvalue weighted by Gasteiger charge is 2.16. The summed E-state index contributed by atoms with van der Waals surface area (Å²) in [4.78, 5) is 78.7. The molecular formula is C18H24N9O6PS. The van der Waals surface area contributed by atoms with Crippen LogP contribution in [0, 0.1) is 0 Å². The third-order valence-electron chi connectivity index (χ3n) is 4.84. The van der Waals surface area contributed by atoms with Crippen molar-refractivity contribution in [2.24, 2.45) is 0 Å². The van der Waals surface area contributed by atoms with Gasteiger partial charge in [-0.3, -0.25) is 43.3 Å². The molecule has 0 aliphatic carbocycles. The molecule has 0 atom stereocenters. The molecule has 0 unspecified atom stereocenters. The molecule has 188 valence electrons. The molecule has 0 aliphatic rings. The zero-order chi connectivity index (χ0) is 25.4. The molecule has 0 bridgehead atoms. The standard InChI is InChI=1S/C18H24N9O6PS/c28-13-1-4-19-16(31)25(13)10-7-22-34(35,23-8-11-26-14(29)2-5-20-17(26)32)24-9-12-27-15(30)3-6-21-18(27)33/h1-6H,7-12H2,(H,19,31)(H,20,32)(H,21,33)(H3,22,23,24,35). The first kappa shape index (κ1) is 26.2. The van der Waals surface area contributed by atoms with Gasteiger partial charge in [-0.25, -0.2) is 14.4 Å². The summed E-state index contributed by atoms with van der Waals surface area (Å²) in [6, 6.07) is 3.66. The van der Waals surface area contributed by atoms with E-state index >= 15 is 0 Å². The zero-order valence-corrected chi connectivity index (χ0v) is 20.1. The number of hydrogen-bond donors (Lipinski definition) is 6. The molecule has 3 aromatic rings. The van der Waals surface area contributed by atoms with E-state index in [9.17, 15) is 28.8 Å². The van der Waals surface area contributed by atoms with Crippen molar-refractivity contribution in [2.45, 2.75) is 19.6 Å². The molecule has 0 aromatic carbocycles. The Hall–Kier alpha value is -3.43. The molecule has 0 saturated heterocycles. The lowest BCUT2D eigenvalue weighted by atomic mass is 10.5. The summed E-state index contributed by atoms with van der Waals surface area (Å²) in [5.41, 5.74) is -3.14. The van der Waals surface area contributed by atoms with Gasteiger partial charge in [0.25, 0.3) is 16.7 Å². The molecule has 17 heteroatoms. The highest BCUT2D eigenvalue weighted by molar-refractivity contribution is 8.11. The van der Waals surface area contributed by atoms with Gasteiger partial charge in [0.05, 0.1) is 0 Å². The van der Waals surface area contributed by atoms with Crippen LogP contribution in [0.3, 0.4) is 0 Å². The molecule has 15 nitrogen and oxygen atoms in total. The van der Waals surface area contributed by atoms with Crippen molar-refractivity contribution in [3.05, 3.63) is 99.3 Å². The first-order chi connectivity index (χ1) is 16.7. The van der Waals surface area contributed by atoms with E-state index in [0.717, 1.165) is 13.7 Å². The largest absolute Gasteiger partial charge is 0.328 e. The summed E-state index contributed by atoms with van der Waals surface area (Å²) in [6.45, 7) is -2.38. The van der Waals surface area contributed by atoms with Gasteiger partial charge < -0.3 is 15.0 Å². The third kappa shape index (κ3) is 7.03. The van der Waals surface area contributed by atoms with Gasteiger partial charge in [-0.15, -0.1) is 0 Å². The minimum atomic E-state index is -2.82. The normalized spacial score (nSPS) is 11.5. The summed E-state index contributed by atoms with van der Waals surface area (Å²) in [7, 11) is 0. The first-order valence-electron chi connectivity index (χ1n) is 10.4. The Kier molecular flexibility index (Phi) is 8.84. The van der Waals surface area contributed by atoms with Crippen LogP contribution in [0.2, 0.25) is 0 Å². The minimum absolute atomic E-state index is 0.0202. The number of H-pyrrole nitrogens is 3. The monoisotopic (exact) mass is 525 g/mol. The highest BCUT2D eigenvalue weighted by atomic mass is 32.4. The maximum absolute atomic E-state index is 11.9. The maximum atomic E-state index is 11.9. The fourth-order valence-corrected chi connectivity index (χ4v) is 5.52. The molecular weight excluding hydrogens is 501 g/mol. The van der Waals surface area contributed by atoms with E-state index in [4.69, 9.17) is 11.8 Å². The van der Waals surface area contributed by atoms with E-state index in [2.05, 4.69) is 30.2 Å². The molecule has 0 radical (unpaired) electrons. The van der Waals surface area contributed by atoms with Crippen LogP contribution in [0.1, 0.15) is 0 Å².